The van der Waals surface area contributed by atoms with Crippen molar-refractivity contribution in [1.82, 2.24) is 25.6 Å². The lowest BCUT2D eigenvalue weighted by Crippen LogP contribution is -2.40. The fraction of sp³-hybridized carbons (Fsp3) is 0.455. The van der Waals surface area contributed by atoms with Gasteiger partial charge in [-0.1, -0.05) is 11.8 Å². The van der Waals surface area contributed by atoms with Gasteiger partial charge >= 0.3 is 0 Å². The lowest BCUT2D eigenvalue weighted by atomic mass is 10.2. The second-order valence-corrected chi connectivity index (χ2v) is 7.32. The number of halogens is 1. The molecule has 1 atom stereocenters. The Morgan fingerprint density at radius 1 is 1.32 bits per heavy atom. The van der Waals surface area contributed by atoms with Crippen molar-refractivity contribution in [2.24, 2.45) is 0 Å². The van der Waals surface area contributed by atoms with E-state index in [1.807, 2.05) is 6.92 Å². The Labute approximate surface area is 182 Å². The Hall–Kier alpha value is -3.25. The zero-order valence-corrected chi connectivity index (χ0v) is 17.9. The zero-order valence-electron chi connectivity index (χ0n) is 17.9. The molecule has 1 fully saturated rings. The van der Waals surface area contributed by atoms with Crippen LogP contribution in [0.3, 0.4) is 0 Å². The van der Waals surface area contributed by atoms with Gasteiger partial charge in [0.1, 0.15) is 5.82 Å². The predicted molar refractivity (Wildman–Crippen MR) is 119 cm³/mol. The molecular formula is C22H28FN7O. The van der Waals surface area contributed by atoms with Gasteiger partial charge in [-0.05, 0) is 39.3 Å². The Kier molecular flexibility index (Phi) is 8.12. The number of amides is 1. The van der Waals surface area contributed by atoms with Crippen molar-refractivity contribution < 1.29 is 9.18 Å². The second-order valence-electron chi connectivity index (χ2n) is 7.32. The minimum atomic E-state index is -0.566. The van der Waals surface area contributed by atoms with E-state index in [2.05, 4.69) is 47.6 Å². The molecule has 1 aliphatic rings. The molecule has 0 bridgehead atoms. The molecule has 0 unspecified atom stereocenters. The lowest BCUT2D eigenvalue weighted by molar-refractivity contribution is -0.122. The van der Waals surface area contributed by atoms with Crippen molar-refractivity contribution in [1.29, 1.82) is 0 Å². The van der Waals surface area contributed by atoms with Crippen molar-refractivity contribution in [3.05, 3.63) is 36.0 Å². The number of hydrogen-bond acceptors (Lipinski definition) is 7. The third kappa shape index (κ3) is 6.62. The van der Waals surface area contributed by atoms with Gasteiger partial charge in [0.15, 0.2) is 0 Å². The number of carbonyl (C=O) groups is 1. The number of likely N-dealkylation sites (N-methyl/N-ethyl adjacent to an activating group) is 1. The number of nitrogens with one attached hydrogen (secondary N) is 3. The molecule has 2 aromatic heterocycles. The first-order valence-electron chi connectivity index (χ1n) is 10.5. The van der Waals surface area contributed by atoms with Gasteiger partial charge in [-0.2, -0.15) is 9.37 Å². The quantitative estimate of drug-likeness (QED) is 0.339. The maximum Gasteiger partial charge on any atom is 0.236 e. The van der Waals surface area contributed by atoms with Gasteiger partial charge in [-0.15, -0.1) is 0 Å². The van der Waals surface area contributed by atoms with Crippen molar-refractivity contribution >= 4 is 23.4 Å². The monoisotopic (exact) mass is 425 g/mol. The average Bonchev–Trinajstić information content (AvgIpc) is 3.31. The summed E-state index contributed by atoms with van der Waals surface area (Å²) < 4.78 is 13.3. The van der Waals surface area contributed by atoms with Crippen LogP contribution >= 0.6 is 0 Å². The number of aromatic nitrogens is 3. The lowest BCUT2D eigenvalue weighted by Gasteiger charge is -2.18. The third-order valence-corrected chi connectivity index (χ3v) is 4.98. The van der Waals surface area contributed by atoms with Crippen LogP contribution in [0.5, 0.6) is 0 Å². The van der Waals surface area contributed by atoms with E-state index in [0.717, 1.165) is 43.7 Å². The van der Waals surface area contributed by atoms with Crippen LogP contribution in [0.2, 0.25) is 0 Å². The van der Waals surface area contributed by atoms with Crippen LogP contribution in [-0.4, -0.2) is 53.6 Å². The number of unbranched alkanes of at least 4 members (excludes halogenated alkanes) is 1. The molecule has 0 radical (unpaired) electrons. The minimum absolute atomic E-state index is 0.0163. The summed E-state index contributed by atoms with van der Waals surface area (Å²) in [6, 6.07) is 2.75. The Morgan fingerprint density at radius 2 is 2.13 bits per heavy atom. The molecule has 0 saturated carbocycles. The van der Waals surface area contributed by atoms with Gasteiger partial charge in [0.25, 0.3) is 0 Å². The molecule has 0 spiro atoms. The van der Waals surface area contributed by atoms with Gasteiger partial charge in [-0.25, -0.2) is 9.97 Å². The second kappa shape index (κ2) is 11.2. The molecule has 1 aliphatic heterocycles. The first-order chi connectivity index (χ1) is 15.1. The Morgan fingerprint density at radius 3 is 2.87 bits per heavy atom. The summed E-state index contributed by atoms with van der Waals surface area (Å²) in [5.41, 5.74) is 1.30. The molecule has 1 saturated heterocycles. The van der Waals surface area contributed by atoms with E-state index in [9.17, 15) is 9.18 Å². The first kappa shape index (κ1) is 22.4. The van der Waals surface area contributed by atoms with Crippen LogP contribution in [0.1, 0.15) is 38.2 Å². The molecule has 0 aromatic carbocycles. The molecule has 3 heterocycles. The predicted octanol–water partition coefficient (Wildman–Crippen LogP) is 2.21. The van der Waals surface area contributed by atoms with Crippen LogP contribution in [0, 0.1) is 17.8 Å². The highest BCUT2D eigenvalue weighted by Gasteiger charge is 2.18. The fourth-order valence-corrected chi connectivity index (χ4v) is 3.13. The van der Waals surface area contributed by atoms with Gasteiger partial charge in [0.05, 0.1) is 17.8 Å². The van der Waals surface area contributed by atoms with E-state index < -0.39 is 5.95 Å². The van der Waals surface area contributed by atoms with Crippen LogP contribution in [0.25, 0.3) is 0 Å². The normalized spacial score (nSPS) is 14.0. The summed E-state index contributed by atoms with van der Waals surface area (Å²) in [4.78, 5) is 26.5. The molecule has 1 amide bonds. The van der Waals surface area contributed by atoms with E-state index in [1.54, 1.807) is 19.3 Å². The SMILES string of the molecule is CN[C@@H](C)C(=O)NCCCC#Cc1cnc(Nc2ccnc(F)c2)nc1N1CCCC1. The van der Waals surface area contributed by atoms with Crippen molar-refractivity contribution in [2.75, 3.05) is 36.9 Å². The minimum Gasteiger partial charge on any atom is -0.355 e. The molecule has 3 rings (SSSR count). The van der Waals surface area contributed by atoms with Crippen molar-refractivity contribution in [3.8, 4) is 11.8 Å². The molecule has 31 heavy (non-hydrogen) atoms. The summed E-state index contributed by atoms with van der Waals surface area (Å²) in [6.45, 7) is 4.24. The third-order valence-electron chi connectivity index (χ3n) is 4.98. The highest BCUT2D eigenvalue weighted by molar-refractivity contribution is 5.81. The number of carbonyl (C=O) groups excluding carboxylic acids is 1. The largest absolute Gasteiger partial charge is 0.355 e. The summed E-state index contributed by atoms with van der Waals surface area (Å²) >= 11 is 0. The van der Waals surface area contributed by atoms with E-state index in [1.165, 1.54) is 12.3 Å². The van der Waals surface area contributed by atoms with E-state index in [-0.39, 0.29) is 11.9 Å². The first-order valence-corrected chi connectivity index (χ1v) is 10.5. The van der Waals surface area contributed by atoms with Crippen LogP contribution in [0.15, 0.2) is 24.5 Å². The molecule has 9 heteroatoms. The van der Waals surface area contributed by atoms with Crippen LogP contribution in [-0.2, 0) is 4.79 Å². The smallest absolute Gasteiger partial charge is 0.236 e. The van der Waals surface area contributed by atoms with Gasteiger partial charge in [0.2, 0.25) is 17.8 Å². The summed E-state index contributed by atoms with van der Waals surface area (Å²) in [5, 5.41) is 8.81. The van der Waals surface area contributed by atoms with Crippen LogP contribution in [0.4, 0.5) is 21.8 Å². The topological polar surface area (TPSA) is 95.1 Å². The Bertz CT molecular complexity index is 950. The van der Waals surface area contributed by atoms with Crippen molar-refractivity contribution in [3.63, 3.8) is 0 Å². The molecular weight excluding hydrogens is 397 g/mol. The van der Waals surface area contributed by atoms with E-state index in [0.29, 0.717) is 24.6 Å². The van der Waals surface area contributed by atoms with Gasteiger partial charge in [-0.3, -0.25) is 4.79 Å². The summed E-state index contributed by atoms with van der Waals surface area (Å²) in [5.74, 6) is 6.92. The van der Waals surface area contributed by atoms with E-state index >= 15 is 0 Å². The molecule has 3 N–H and O–H groups in total. The average molecular weight is 426 g/mol. The summed E-state index contributed by atoms with van der Waals surface area (Å²) in [6.07, 6.45) is 6.73. The number of anilines is 3. The zero-order chi connectivity index (χ0) is 22.1. The number of rotatable bonds is 8. The van der Waals surface area contributed by atoms with Crippen molar-refractivity contribution in [2.45, 2.75) is 38.6 Å². The molecule has 0 aliphatic carbocycles. The molecule has 8 nitrogen and oxygen atoms in total. The molecule has 164 valence electrons. The number of hydrogen-bond donors (Lipinski definition) is 3. The maximum atomic E-state index is 13.3. The van der Waals surface area contributed by atoms with E-state index in [4.69, 9.17) is 0 Å². The highest BCUT2D eigenvalue weighted by atomic mass is 19.1. The highest BCUT2D eigenvalue weighted by Crippen LogP contribution is 2.24. The van der Waals surface area contributed by atoms with Crippen LogP contribution < -0.4 is 20.9 Å². The van der Waals surface area contributed by atoms with Gasteiger partial charge < -0.3 is 20.9 Å². The molecule has 2 aromatic rings. The summed E-state index contributed by atoms with van der Waals surface area (Å²) in [7, 11) is 1.76. The maximum absolute atomic E-state index is 13.3. The standard InChI is InChI=1S/C22H28FN7O/c1-16(24-2)21(31)26-10-5-3-4-8-17-15-27-22(28-18-9-11-25-19(23)14-18)29-20(17)30-12-6-7-13-30/h9,11,14-16,24H,3,5-7,10,12-13H2,1-2H3,(H,26,31)(H,25,27,28,29)/t16-/m0/s1. The number of nitrogens with zero attached hydrogens (tertiary/aromatic N) is 4. The Balaban J connectivity index is 1.64. The fourth-order valence-electron chi connectivity index (χ4n) is 3.13. The van der Waals surface area contributed by atoms with Gasteiger partial charge in [0, 0.05) is 44.0 Å². The number of pyridine rings is 1.